The SMILES string of the molecule is C[C@H](O)c1cc(Br)ccc1OCc1ccc(O)cc1. The normalized spacial score (nSPS) is 12.2. The summed E-state index contributed by atoms with van der Waals surface area (Å²) >= 11 is 3.37. The molecule has 0 aliphatic heterocycles. The summed E-state index contributed by atoms with van der Waals surface area (Å²) in [4.78, 5) is 0. The molecule has 0 aliphatic carbocycles. The monoisotopic (exact) mass is 322 g/mol. The quantitative estimate of drug-likeness (QED) is 0.900. The second kappa shape index (κ2) is 6.08. The van der Waals surface area contributed by atoms with Gasteiger partial charge in [-0.2, -0.15) is 0 Å². The molecule has 2 aromatic carbocycles. The van der Waals surface area contributed by atoms with Crippen LogP contribution in [0.1, 0.15) is 24.2 Å². The van der Waals surface area contributed by atoms with Crippen molar-refractivity contribution in [2.75, 3.05) is 0 Å². The highest BCUT2D eigenvalue weighted by Gasteiger charge is 2.10. The van der Waals surface area contributed by atoms with Gasteiger partial charge in [0.25, 0.3) is 0 Å². The largest absolute Gasteiger partial charge is 0.508 e. The molecule has 0 unspecified atom stereocenters. The van der Waals surface area contributed by atoms with E-state index in [1.54, 1.807) is 31.2 Å². The van der Waals surface area contributed by atoms with E-state index in [1.807, 2.05) is 18.2 Å². The van der Waals surface area contributed by atoms with E-state index in [-0.39, 0.29) is 5.75 Å². The summed E-state index contributed by atoms with van der Waals surface area (Å²) in [6, 6.07) is 12.4. The highest BCUT2D eigenvalue weighted by Crippen LogP contribution is 2.29. The highest BCUT2D eigenvalue weighted by molar-refractivity contribution is 9.10. The molecule has 2 aromatic rings. The lowest BCUT2D eigenvalue weighted by molar-refractivity contribution is 0.190. The molecular weight excluding hydrogens is 308 g/mol. The molecule has 0 heterocycles. The zero-order valence-electron chi connectivity index (χ0n) is 10.5. The van der Waals surface area contributed by atoms with Crippen LogP contribution in [0.4, 0.5) is 0 Å². The predicted octanol–water partition coefficient (Wildman–Crippen LogP) is 3.79. The van der Waals surface area contributed by atoms with Gasteiger partial charge in [0.2, 0.25) is 0 Å². The van der Waals surface area contributed by atoms with E-state index in [2.05, 4.69) is 15.9 Å². The molecule has 4 heteroatoms. The van der Waals surface area contributed by atoms with Crippen LogP contribution in [0.5, 0.6) is 11.5 Å². The number of rotatable bonds is 4. The van der Waals surface area contributed by atoms with Gasteiger partial charge in [-0.25, -0.2) is 0 Å². The van der Waals surface area contributed by atoms with Crippen molar-refractivity contribution < 1.29 is 14.9 Å². The first-order valence-electron chi connectivity index (χ1n) is 5.94. The van der Waals surface area contributed by atoms with E-state index in [9.17, 15) is 10.2 Å². The first-order valence-corrected chi connectivity index (χ1v) is 6.74. The minimum Gasteiger partial charge on any atom is -0.508 e. The van der Waals surface area contributed by atoms with Crippen molar-refractivity contribution >= 4 is 15.9 Å². The fraction of sp³-hybridized carbons (Fsp3) is 0.200. The van der Waals surface area contributed by atoms with Crippen molar-refractivity contribution in [3.05, 3.63) is 58.1 Å². The topological polar surface area (TPSA) is 49.7 Å². The zero-order chi connectivity index (χ0) is 13.8. The molecule has 100 valence electrons. The molecule has 2 rings (SSSR count). The maximum absolute atomic E-state index is 9.73. The molecule has 1 atom stereocenters. The summed E-state index contributed by atoms with van der Waals surface area (Å²) < 4.78 is 6.62. The van der Waals surface area contributed by atoms with Gasteiger partial charge in [-0.05, 0) is 42.8 Å². The molecule has 0 aromatic heterocycles. The molecule has 0 saturated carbocycles. The fourth-order valence-corrected chi connectivity index (χ4v) is 2.11. The maximum Gasteiger partial charge on any atom is 0.125 e. The number of aliphatic hydroxyl groups excluding tert-OH is 1. The Balaban J connectivity index is 2.13. The third-order valence-corrected chi connectivity index (χ3v) is 3.25. The molecular formula is C15H15BrO3. The second-order valence-electron chi connectivity index (χ2n) is 4.31. The summed E-state index contributed by atoms with van der Waals surface area (Å²) in [5, 5.41) is 18.9. The number of aromatic hydroxyl groups is 1. The standard InChI is InChI=1S/C15H15BrO3/c1-10(17)14-8-12(16)4-7-15(14)19-9-11-2-5-13(18)6-3-11/h2-8,10,17-18H,9H2,1H3/t10-/m0/s1. The Kier molecular flexibility index (Phi) is 4.45. The van der Waals surface area contributed by atoms with Crippen LogP contribution in [0.25, 0.3) is 0 Å². The first-order chi connectivity index (χ1) is 9.06. The molecule has 0 radical (unpaired) electrons. The Bertz CT molecular complexity index is 550. The van der Waals surface area contributed by atoms with Gasteiger partial charge in [0.15, 0.2) is 0 Å². The number of hydrogen-bond donors (Lipinski definition) is 2. The Hall–Kier alpha value is -1.52. The van der Waals surface area contributed by atoms with Crippen molar-refractivity contribution in [2.45, 2.75) is 19.6 Å². The summed E-state index contributed by atoms with van der Waals surface area (Å²) in [5.41, 5.74) is 1.70. The van der Waals surface area contributed by atoms with Crippen molar-refractivity contribution in [3.63, 3.8) is 0 Å². The number of hydrogen-bond acceptors (Lipinski definition) is 3. The fourth-order valence-electron chi connectivity index (χ4n) is 1.73. The van der Waals surface area contributed by atoms with Gasteiger partial charge < -0.3 is 14.9 Å². The summed E-state index contributed by atoms with van der Waals surface area (Å²) in [6.45, 7) is 2.09. The molecule has 0 spiro atoms. The number of phenols is 1. The van der Waals surface area contributed by atoms with Gasteiger partial charge in [-0.3, -0.25) is 0 Å². The minimum absolute atomic E-state index is 0.233. The van der Waals surface area contributed by atoms with Gasteiger partial charge in [0, 0.05) is 10.0 Å². The van der Waals surface area contributed by atoms with E-state index in [1.165, 1.54) is 0 Å². The number of phenolic OH excluding ortho intramolecular Hbond substituents is 1. The maximum atomic E-state index is 9.73. The highest BCUT2D eigenvalue weighted by atomic mass is 79.9. The van der Waals surface area contributed by atoms with Gasteiger partial charge in [0.05, 0.1) is 6.10 Å². The molecule has 2 N–H and O–H groups in total. The third kappa shape index (κ3) is 3.72. The summed E-state index contributed by atoms with van der Waals surface area (Å²) in [7, 11) is 0. The van der Waals surface area contributed by atoms with Crippen LogP contribution in [0, 0.1) is 0 Å². The molecule has 19 heavy (non-hydrogen) atoms. The van der Waals surface area contributed by atoms with Crippen LogP contribution in [0.3, 0.4) is 0 Å². The van der Waals surface area contributed by atoms with Gasteiger partial charge in [0.1, 0.15) is 18.1 Å². The lowest BCUT2D eigenvalue weighted by Crippen LogP contribution is -2.01. The Morgan fingerprint density at radius 3 is 2.47 bits per heavy atom. The van der Waals surface area contributed by atoms with Crippen LogP contribution < -0.4 is 4.74 Å². The van der Waals surface area contributed by atoms with Crippen LogP contribution in [0.15, 0.2) is 46.9 Å². The second-order valence-corrected chi connectivity index (χ2v) is 5.23. The third-order valence-electron chi connectivity index (χ3n) is 2.75. The Morgan fingerprint density at radius 1 is 1.16 bits per heavy atom. The van der Waals surface area contributed by atoms with Crippen LogP contribution in [-0.4, -0.2) is 10.2 Å². The summed E-state index contributed by atoms with van der Waals surface area (Å²) in [5.74, 6) is 0.892. The van der Waals surface area contributed by atoms with Gasteiger partial charge in [-0.1, -0.05) is 28.1 Å². The average molecular weight is 323 g/mol. The van der Waals surface area contributed by atoms with E-state index in [4.69, 9.17) is 4.74 Å². The van der Waals surface area contributed by atoms with Crippen LogP contribution in [-0.2, 0) is 6.61 Å². The van der Waals surface area contributed by atoms with E-state index in [0.717, 1.165) is 15.6 Å². The summed E-state index contributed by atoms with van der Waals surface area (Å²) in [6.07, 6.45) is -0.590. The van der Waals surface area contributed by atoms with Crippen LogP contribution >= 0.6 is 15.9 Å². The van der Waals surface area contributed by atoms with Crippen molar-refractivity contribution in [3.8, 4) is 11.5 Å². The molecule has 0 aliphatic rings. The number of halogens is 1. The van der Waals surface area contributed by atoms with Gasteiger partial charge in [-0.15, -0.1) is 0 Å². The van der Waals surface area contributed by atoms with E-state index >= 15 is 0 Å². The molecule has 3 nitrogen and oxygen atoms in total. The first kappa shape index (κ1) is 13.9. The van der Waals surface area contributed by atoms with Crippen molar-refractivity contribution in [2.24, 2.45) is 0 Å². The van der Waals surface area contributed by atoms with E-state index < -0.39 is 6.10 Å². The van der Waals surface area contributed by atoms with Crippen LogP contribution in [0.2, 0.25) is 0 Å². The van der Waals surface area contributed by atoms with E-state index in [0.29, 0.717) is 12.4 Å². The van der Waals surface area contributed by atoms with Gasteiger partial charge >= 0.3 is 0 Å². The lowest BCUT2D eigenvalue weighted by Gasteiger charge is -2.14. The average Bonchev–Trinajstić information content (AvgIpc) is 2.39. The number of benzene rings is 2. The Labute approximate surface area is 120 Å². The number of aliphatic hydroxyl groups is 1. The molecule has 0 saturated heterocycles. The zero-order valence-corrected chi connectivity index (χ0v) is 12.1. The molecule has 0 fully saturated rings. The van der Waals surface area contributed by atoms with Crippen molar-refractivity contribution in [1.29, 1.82) is 0 Å². The molecule has 0 amide bonds. The predicted molar refractivity (Wildman–Crippen MR) is 77.2 cm³/mol. The van der Waals surface area contributed by atoms with Crippen molar-refractivity contribution in [1.82, 2.24) is 0 Å². The minimum atomic E-state index is -0.590. The number of ether oxygens (including phenoxy) is 1. The Morgan fingerprint density at radius 2 is 1.84 bits per heavy atom. The smallest absolute Gasteiger partial charge is 0.125 e. The molecule has 0 bridgehead atoms. The lowest BCUT2D eigenvalue weighted by atomic mass is 10.1.